The van der Waals surface area contributed by atoms with E-state index in [0.29, 0.717) is 18.9 Å². The average molecular weight is 735 g/mol. The van der Waals surface area contributed by atoms with Crippen LogP contribution in [-0.2, 0) is 29.8 Å². The number of carbonyl (C=O) groups is 1. The summed E-state index contributed by atoms with van der Waals surface area (Å²) in [7, 11) is 3.14. The van der Waals surface area contributed by atoms with Gasteiger partial charge in [0.15, 0.2) is 5.72 Å². The van der Waals surface area contributed by atoms with Crippen LogP contribution in [0.5, 0.6) is 5.75 Å². The van der Waals surface area contributed by atoms with Gasteiger partial charge in [-0.15, -0.1) is 0 Å². The lowest BCUT2D eigenvalue weighted by Crippen LogP contribution is -2.82. The molecular formula is C43H50N4O7. The van der Waals surface area contributed by atoms with Crippen molar-refractivity contribution < 1.29 is 34.0 Å². The van der Waals surface area contributed by atoms with Crippen LogP contribution in [0, 0.1) is 22.2 Å². The fourth-order valence-electron chi connectivity index (χ4n) is 17.0. The molecule has 7 saturated heterocycles. The molecule has 2 saturated carbocycles. The Hall–Kier alpha value is -3.06. The van der Waals surface area contributed by atoms with E-state index in [0.717, 1.165) is 100 Å². The van der Waals surface area contributed by atoms with E-state index < -0.39 is 39.0 Å². The van der Waals surface area contributed by atoms with Crippen LogP contribution in [0.15, 0.2) is 47.5 Å². The molecule has 2 aliphatic carbocycles. The number of para-hydroxylation sites is 2. The van der Waals surface area contributed by atoms with E-state index in [1.165, 1.54) is 12.7 Å². The molecule has 0 aromatic heterocycles. The van der Waals surface area contributed by atoms with Crippen molar-refractivity contribution in [3.63, 3.8) is 0 Å². The Labute approximate surface area is 315 Å². The highest BCUT2D eigenvalue weighted by Crippen LogP contribution is 2.77. The standard InChI is InChI=1S/C43H50N4O7/c1-51-29-9-5-7-27-31(29)47-24-37(20-25-21-38-13-18-53-30(38)10-15-45-17-12-41(27,34(38)45)43(25,47)50)23-46-16-11-40-26-6-3-4-8-28(26)44-32(40)42(49,36(48)52-2)22-39(33(40)46)14-19-54-35(37)39/h3-9,25,30,33-35,49-50H,10-24H2,1-2H3/t25-,30+,33+,34+,35+,37+,38-,39+,40+,41-,42-,43-/m1/s1. The molecule has 284 valence electrons. The molecule has 0 unspecified atom stereocenters. The third kappa shape index (κ3) is 3.05. The largest absolute Gasteiger partial charge is 0.495 e. The molecule has 9 aliphatic heterocycles. The first kappa shape index (κ1) is 32.1. The maximum Gasteiger partial charge on any atom is 0.343 e. The van der Waals surface area contributed by atoms with Crippen molar-refractivity contribution in [1.29, 1.82) is 0 Å². The third-order valence-electron chi connectivity index (χ3n) is 17.9. The van der Waals surface area contributed by atoms with E-state index in [4.69, 9.17) is 23.9 Å². The number of anilines is 1. The second-order valence-electron chi connectivity index (χ2n) is 19.3. The van der Waals surface area contributed by atoms with Crippen LogP contribution in [-0.4, -0.2) is 127 Å². The first-order valence-electron chi connectivity index (χ1n) is 20.6. The summed E-state index contributed by atoms with van der Waals surface area (Å²) in [5, 5.41) is 27.0. The Morgan fingerprint density at radius 3 is 2.56 bits per heavy atom. The Kier molecular flexibility index (Phi) is 5.77. The summed E-state index contributed by atoms with van der Waals surface area (Å²) in [5.41, 5.74) is -0.232. The zero-order chi connectivity index (χ0) is 36.3. The molecule has 5 spiro atoms. The van der Waals surface area contributed by atoms with Crippen LogP contribution < -0.4 is 9.64 Å². The number of nitrogens with zero attached hydrogens (tertiary/aromatic N) is 4. The first-order chi connectivity index (χ1) is 26.2. The lowest BCUT2D eigenvalue weighted by atomic mass is 9.42. The summed E-state index contributed by atoms with van der Waals surface area (Å²) < 4.78 is 25.6. The summed E-state index contributed by atoms with van der Waals surface area (Å²) >= 11 is 0. The maximum absolute atomic E-state index is 14.1. The number of ether oxygens (including phenoxy) is 4. The van der Waals surface area contributed by atoms with Crippen LogP contribution >= 0.6 is 0 Å². The molecule has 9 heterocycles. The number of hydrogen-bond acceptors (Lipinski definition) is 11. The number of fused-ring (bicyclic) bond motifs is 4. The Morgan fingerprint density at radius 1 is 0.870 bits per heavy atom. The normalized spacial score (nSPS) is 49.7. The van der Waals surface area contributed by atoms with Crippen molar-refractivity contribution in [2.45, 2.75) is 97.8 Å². The third-order valence-corrected chi connectivity index (χ3v) is 17.9. The van der Waals surface area contributed by atoms with Gasteiger partial charge in [-0.05, 0) is 81.3 Å². The van der Waals surface area contributed by atoms with Gasteiger partial charge < -0.3 is 34.1 Å². The molecule has 0 bridgehead atoms. The molecular weight excluding hydrogens is 684 g/mol. The van der Waals surface area contributed by atoms with Gasteiger partial charge in [0.1, 0.15) is 5.75 Å². The Morgan fingerprint density at radius 2 is 1.69 bits per heavy atom. The minimum Gasteiger partial charge on any atom is -0.495 e. The van der Waals surface area contributed by atoms with Crippen LogP contribution in [0.25, 0.3) is 0 Å². The van der Waals surface area contributed by atoms with Crippen molar-refractivity contribution in [2.24, 2.45) is 27.2 Å². The molecule has 2 aromatic rings. The molecule has 54 heavy (non-hydrogen) atoms. The van der Waals surface area contributed by atoms with Gasteiger partial charge in [0.25, 0.3) is 0 Å². The van der Waals surface area contributed by atoms with E-state index >= 15 is 0 Å². The van der Waals surface area contributed by atoms with Gasteiger partial charge in [-0.2, -0.15) is 0 Å². The second-order valence-corrected chi connectivity index (χ2v) is 19.3. The Balaban J connectivity index is 1.03. The van der Waals surface area contributed by atoms with Crippen LogP contribution in [0.3, 0.4) is 0 Å². The van der Waals surface area contributed by atoms with Crippen LogP contribution in [0.1, 0.15) is 62.5 Å². The lowest BCUT2D eigenvalue weighted by molar-refractivity contribution is -0.237. The fraction of sp³-hybridized carbons (Fsp3) is 0.674. The quantitative estimate of drug-likeness (QED) is 0.446. The highest BCUT2D eigenvalue weighted by molar-refractivity contribution is 6.19. The van der Waals surface area contributed by atoms with E-state index in [1.54, 1.807) is 7.11 Å². The second kappa shape index (κ2) is 9.72. The van der Waals surface area contributed by atoms with Crippen molar-refractivity contribution in [3.05, 3.63) is 53.6 Å². The number of hydrogen-bond donors (Lipinski definition) is 2. The number of rotatable bonds is 2. The van der Waals surface area contributed by atoms with E-state index in [2.05, 4.69) is 45.0 Å². The number of esters is 1. The van der Waals surface area contributed by atoms with Crippen molar-refractivity contribution in [2.75, 3.05) is 65.1 Å². The zero-order valence-corrected chi connectivity index (χ0v) is 31.3. The summed E-state index contributed by atoms with van der Waals surface area (Å²) in [5.74, 6) is 0.152. The predicted molar refractivity (Wildman–Crippen MR) is 197 cm³/mol. The lowest BCUT2D eigenvalue weighted by Gasteiger charge is -2.71. The first-order valence-corrected chi connectivity index (χ1v) is 20.6. The molecule has 13 rings (SSSR count). The number of aliphatic hydroxyl groups is 2. The van der Waals surface area contributed by atoms with Crippen LogP contribution in [0.4, 0.5) is 11.4 Å². The zero-order valence-electron chi connectivity index (χ0n) is 31.3. The van der Waals surface area contributed by atoms with Gasteiger partial charge >= 0.3 is 5.97 Å². The van der Waals surface area contributed by atoms with Gasteiger partial charge in [0.2, 0.25) is 5.60 Å². The van der Waals surface area contributed by atoms with E-state index in [9.17, 15) is 15.0 Å². The predicted octanol–water partition coefficient (Wildman–Crippen LogP) is 3.30. The van der Waals surface area contributed by atoms with Crippen molar-refractivity contribution >= 4 is 23.1 Å². The minimum absolute atomic E-state index is 0.0201. The molecule has 0 amide bonds. The van der Waals surface area contributed by atoms with E-state index in [1.807, 2.05) is 12.1 Å². The monoisotopic (exact) mass is 734 g/mol. The summed E-state index contributed by atoms with van der Waals surface area (Å²) in [6, 6.07) is 15.0. The van der Waals surface area contributed by atoms with Gasteiger partial charge in [-0.25, -0.2) is 4.79 Å². The molecule has 0 radical (unpaired) electrons. The van der Waals surface area contributed by atoms with Crippen molar-refractivity contribution in [3.8, 4) is 5.75 Å². The number of piperidine rings is 3. The number of methoxy groups -OCH3 is 2. The number of benzene rings is 2. The number of aliphatic imine (C=N–C) groups is 1. The van der Waals surface area contributed by atoms with Gasteiger partial charge in [0.05, 0.1) is 54.3 Å². The molecule has 11 heteroatoms. The van der Waals surface area contributed by atoms with Gasteiger partial charge in [-0.3, -0.25) is 14.8 Å². The summed E-state index contributed by atoms with van der Waals surface area (Å²) in [6.07, 6.45) is 6.38. The maximum atomic E-state index is 14.1. The van der Waals surface area contributed by atoms with E-state index in [-0.39, 0.29) is 42.0 Å². The summed E-state index contributed by atoms with van der Waals surface area (Å²) in [6.45, 7) is 5.60. The van der Waals surface area contributed by atoms with Crippen LogP contribution in [0.2, 0.25) is 0 Å². The molecule has 12 atom stereocenters. The molecule has 11 aliphatic rings. The summed E-state index contributed by atoms with van der Waals surface area (Å²) in [4.78, 5) is 27.0. The van der Waals surface area contributed by atoms with Crippen molar-refractivity contribution in [1.82, 2.24) is 9.80 Å². The highest BCUT2D eigenvalue weighted by Gasteiger charge is 2.84. The van der Waals surface area contributed by atoms with Gasteiger partial charge in [-0.1, -0.05) is 30.3 Å². The highest BCUT2D eigenvalue weighted by atomic mass is 16.5. The fourth-order valence-corrected chi connectivity index (χ4v) is 17.0. The molecule has 9 fully saturated rings. The topological polar surface area (TPSA) is 117 Å². The van der Waals surface area contributed by atoms with Gasteiger partial charge in [0, 0.05) is 73.5 Å². The minimum atomic E-state index is -1.88. The Bertz CT molecular complexity index is 2100. The SMILES string of the molecule is COC(=O)[C@@]1(O)C[C@]23CCO[C@H]2[C@@]2(C[C@@H]4C[C@]56CCO[C@H]5CCN5CC[C@@]7(c8cccc(OC)c8N(C2)[C@@]47O)[C@@H]56)CN2CC[C@]4(C1=Nc1ccccc14)[C@@H]23. The average Bonchev–Trinajstić information content (AvgIpc) is 4.03. The smallest absolute Gasteiger partial charge is 0.343 e. The molecule has 2 N–H and O–H groups in total. The molecule has 11 nitrogen and oxygen atoms in total. The molecule has 2 aromatic carbocycles. The number of carbonyl (C=O) groups excluding carboxylic acids is 1.